The molecule has 0 bridgehead atoms. The van der Waals surface area contributed by atoms with Gasteiger partial charge in [0.15, 0.2) is 9.84 Å². The molecule has 4 heteroatoms. The van der Waals surface area contributed by atoms with Gasteiger partial charge in [0.1, 0.15) is 5.78 Å². The molecule has 1 aliphatic carbocycles. The molecule has 1 saturated carbocycles. The third-order valence-corrected chi connectivity index (χ3v) is 4.87. The predicted octanol–water partition coefficient (Wildman–Crippen LogP) is 1.81. The van der Waals surface area contributed by atoms with E-state index in [2.05, 4.69) is 0 Å². The highest BCUT2D eigenvalue weighted by Crippen LogP contribution is 2.39. The van der Waals surface area contributed by atoms with E-state index in [0.717, 1.165) is 0 Å². The summed E-state index contributed by atoms with van der Waals surface area (Å²) in [6, 6.07) is 0. The highest BCUT2D eigenvalue weighted by molar-refractivity contribution is 7.91. The van der Waals surface area contributed by atoms with Gasteiger partial charge in [-0.1, -0.05) is 20.8 Å². The number of carbonyl (C=O) groups excluding carboxylic acids is 1. The van der Waals surface area contributed by atoms with Crippen molar-refractivity contribution in [1.29, 1.82) is 0 Å². The van der Waals surface area contributed by atoms with Crippen molar-refractivity contribution in [2.45, 2.75) is 45.3 Å². The van der Waals surface area contributed by atoms with Gasteiger partial charge >= 0.3 is 0 Å². The maximum absolute atomic E-state index is 11.6. The van der Waals surface area contributed by atoms with E-state index in [1.807, 2.05) is 20.8 Å². The molecule has 2 atom stereocenters. The van der Waals surface area contributed by atoms with Crippen LogP contribution in [0.4, 0.5) is 0 Å². The Morgan fingerprint density at radius 1 is 1.27 bits per heavy atom. The first-order valence-electron chi connectivity index (χ1n) is 5.33. The lowest BCUT2D eigenvalue weighted by Crippen LogP contribution is -2.42. The monoisotopic (exact) mass is 232 g/mol. The lowest BCUT2D eigenvalue weighted by atomic mass is 9.72. The number of rotatable bonds is 1. The van der Waals surface area contributed by atoms with E-state index in [-0.39, 0.29) is 23.5 Å². The molecule has 0 spiro atoms. The Morgan fingerprint density at radius 3 is 2.20 bits per heavy atom. The second-order valence-electron chi connectivity index (χ2n) is 5.62. The molecular formula is C11H20O3S. The summed E-state index contributed by atoms with van der Waals surface area (Å²) in [5.41, 5.74) is -0.0472. The molecule has 0 amide bonds. The van der Waals surface area contributed by atoms with Crippen molar-refractivity contribution in [3.05, 3.63) is 0 Å². The Morgan fingerprint density at radius 2 is 1.80 bits per heavy atom. The molecule has 1 rings (SSSR count). The van der Waals surface area contributed by atoms with Gasteiger partial charge in [0.25, 0.3) is 0 Å². The molecule has 0 radical (unpaired) electrons. The van der Waals surface area contributed by atoms with Gasteiger partial charge in [-0.2, -0.15) is 0 Å². The average molecular weight is 232 g/mol. The normalized spacial score (nSPS) is 29.2. The number of ketones is 1. The Bertz CT molecular complexity index is 349. The molecule has 0 aromatic carbocycles. The molecule has 0 saturated heterocycles. The van der Waals surface area contributed by atoms with Crippen LogP contribution in [0.1, 0.15) is 40.0 Å². The van der Waals surface area contributed by atoms with Gasteiger partial charge < -0.3 is 0 Å². The largest absolute Gasteiger partial charge is 0.300 e. The minimum absolute atomic E-state index is 0.0472. The van der Waals surface area contributed by atoms with Gasteiger partial charge in [-0.25, -0.2) is 8.42 Å². The van der Waals surface area contributed by atoms with Gasteiger partial charge in [0.05, 0.1) is 5.25 Å². The van der Waals surface area contributed by atoms with Crippen LogP contribution in [0, 0.1) is 11.3 Å². The summed E-state index contributed by atoms with van der Waals surface area (Å²) in [5.74, 6) is 0.191. The third kappa shape index (κ3) is 3.03. The smallest absolute Gasteiger partial charge is 0.151 e. The van der Waals surface area contributed by atoms with E-state index in [4.69, 9.17) is 0 Å². The summed E-state index contributed by atoms with van der Waals surface area (Å²) in [4.78, 5) is 11.3. The van der Waals surface area contributed by atoms with Crippen molar-refractivity contribution in [2.75, 3.05) is 6.26 Å². The van der Waals surface area contributed by atoms with Crippen LogP contribution in [-0.2, 0) is 14.6 Å². The second-order valence-corrected chi connectivity index (χ2v) is 7.89. The minimum Gasteiger partial charge on any atom is -0.300 e. The number of hydrogen-bond donors (Lipinski definition) is 0. The van der Waals surface area contributed by atoms with Gasteiger partial charge in [0, 0.05) is 19.1 Å². The highest BCUT2D eigenvalue weighted by atomic mass is 32.2. The molecule has 0 aromatic heterocycles. The Labute approximate surface area is 92.2 Å². The minimum atomic E-state index is -3.11. The second kappa shape index (κ2) is 3.89. The van der Waals surface area contributed by atoms with E-state index in [1.54, 1.807) is 0 Å². The fourth-order valence-corrected chi connectivity index (χ4v) is 4.04. The van der Waals surface area contributed by atoms with Crippen molar-refractivity contribution in [1.82, 2.24) is 0 Å². The van der Waals surface area contributed by atoms with Crippen LogP contribution in [0.3, 0.4) is 0 Å². The van der Waals surface area contributed by atoms with Crippen LogP contribution in [0.15, 0.2) is 0 Å². The van der Waals surface area contributed by atoms with Crippen molar-refractivity contribution in [3.8, 4) is 0 Å². The van der Waals surface area contributed by atoms with Crippen molar-refractivity contribution in [2.24, 2.45) is 11.3 Å². The first-order valence-corrected chi connectivity index (χ1v) is 7.28. The number of sulfone groups is 1. The van der Waals surface area contributed by atoms with Gasteiger partial charge in [-0.05, 0) is 17.8 Å². The van der Waals surface area contributed by atoms with E-state index in [1.165, 1.54) is 6.26 Å². The van der Waals surface area contributed by atoms with Gasteiger partial charge in [-0.15, -0.1) is 0 Å². The molecule has 1 fully saturated rings. The summed E-state index contributed by atoms with van der Waals surface area (Å²) in [6.45, 7) is 6.14. The summed E-state index contributed by atoms with van der Waals surface area (Å²) >= 11 is 0. The van der Waals surface area contributed by atoms with E-state index in [9.17, 15) is 13.2 Å². The number of Topliss-reactive ketones (excluding diaryl/α,β-unsaturated/α-hetero) is 1. The zero-order valence-electron chi connectivity index (χ0n) is 9.91. The number of hydrogen-bond acceptors (Lipinski definition) is 3. The lowest BCUT2D eigenvalue weighted by Gasteiger charge is -2.38. The van der Waals surface area contributed by atoms with Crippen LogP contribution in [0.25, 0.3) is 0 Å². The number of carbonyl (C=O) groups is 1. The Kier molecular flexibility index (Phi) is 3.29. The zero-order chi connectivity index (χ0) is 11.9. The van der Waals surface area contributed by atoms with Crippen LogP contribution >= 0.6 is 0 Å². The SMILES string of the molecule is CC(C)(C)C1CCC(=O)CC1S(C)(=O)=O. The van der Waals surface area contributed by atoms with Crippen molar-refractivity contribution < 1.29 is 13.2 Å². The summed E-state index contributed by atoms with van der Waals surface area (Å²) < 4.78 is 23.3. The van der Waals surface area contributed by atoms with Gasteiger partial charge in [0.2, 0.25) is 0 Å². The topological polar surface area (TPSA) is 51.2 Å². The molecule has 0 heterocycles. The quantitative estimate of drug-likeness (QED) is 0.693. The first kappa shape index (κ1) is 12.7. The maximum Gasteiger partial charge on any atom is 0.151 e. The van der Waals surface area contributed by atoms with Crippen LogP contribution in [0.5, 0.6) is 0 Å². The molecule has 3 nitrogen and oxygen atoms in total. The molecule has 2 unspecified atom stereocenters. The van der Waals surface area contributed by atoms with Gasteiger partial charge in [-0.3, -0.25) is 4.79 Å². The molecule has 1 aliphatic rings. The highest BCUT2D eigenvalue weighted by Gasteiger charge is 2.41. The maximum atomic E-state index is 11.6. The Hall–Kier alpha value is -0.380. The fraction of sp³-hybridized carbons (Fsp3) is 0.909. The lowest BCUT2D eigenvalue weighted by molar-refractivity contribution is -0.121. The first-order chi connectivity index (χ1) is 6.62. The van der Waals surface area contributed by atoms with E-state index >= 15 is 0 Å². The average Bonchev–Trinajstić information content (AvgIpc) is 2.00. The zero-order valence-corrected chi connectivity index (χ0v) is 10.7. The molecule has 0 aliphatic heterocycles. The standard InChI is InChI=1S/C11H20O3S/c1-11(2,3)9-6-5-8(12)7-10(9)15(4,13)14/h9-10H,5-7H2,1-4H3. The van der Waals surface area contributed by atoms with Crippen LogP contribution in [-0.4, -0.2) is 25.7 Å². The van der Waals surface area contributed by atoms with Crippen LogP contribution in [0.2, 0.25) is 0 Å². The third-order valence-electron chi connectivity index (χ3n) is 3.27. The van der Waals surface area contributed by atoms with Crippen LogP contribution < -0.4 is 0 Å². The fourth-order valence-electron chi connectivity index (χ4n) is 2.41. The van der Waals surface area contributed by atoms with E-state index < -0.39 is 15.1 Å². The predicted molar refractivity (Wildman–Crippen MR) is 60.4 cm³/mol. The Balaban J connectivity index is 3.01. The molecule has 0 aromatic rings. The summed E-state index contributed by atoms with van der Waals surface area (Å²) in [5, 5.41) is -0.473. The molecule has 0 N–H and O–H groups in total. The summed E-state index contributed by atoms with van der Waals surface area (Å²) in [7, 11) is -3.11. The molecule has 15 heavy (non-hydrogen) atoms. The molecular weight excluding hydrogens is 212 g/mol. The molecule has 88 valence electrons. The summed E-state index contributed by atoms with van der Waals surface area (Å²) in [6.07, 6.45) is 2.70. The van der Waals surface area contributed by atoms with E-state index in [0.29, 0.717) is 12.8 Å². The van der Waals surface area contributed by atoms with Crippen molar-refractivity contribution in [3.63, 3.8) is 0 Å². The van der Waals surface area contributed by atoms with Crippen molar-refractivity contribution >= 4 is 15.6 Å².